The Morgan fingerprint density at radius 1 is 0.244 bits per heavy atom. The fraction of sp³-hybridized carbons (Fsp3) is 0. The molecule has 408 valence electrons. The van der Waals surface area contributed by atoms with Crippen molar-refractivity contribution in [2.45, 2.75) is 0 Å². The summed E-state index contributed by atoms with van der Waals surface area (Å²) in [5.74, 6) is -0.0474. The van der Waals surface area contributed by atoms with E-state index in [-0.39, 0.29) is 5.78 Å². The number of fused-ring (bicyclic) bond motifs is 6. The first kappa shape index (κ1) is 51.2. The van der Waals surface area contributed by atoms with E-state index in [9.17, 15) is 4.79 Å². The van der Waals surface area contributed by atoms with Crippen molar-refractivity contribution in [1.29, 1.82) is 0 Å². The molecule has 1 N–H and O–H groups in total. The van der Waals surface area contributed by atoms with Crippen LogP contribution in [0, 0.1) is 0 Å². The topological polar surface area (TPSA) is 48.7 Å². The number of aromatic nitrogens is 2. The van der Waals surface area contributed by atoms with Crippen molar-refractivity contribution in [2.75, 3.05) is 20.0 Å². The number of benzene rings is 13. The third-order valence-electron chi connectivity index (χ3n) is 16.2. The summed E-state index contributed by atoms with van der Waals surface area (Å²) in [6, 6.07) is 116. The number of hydrogen-bond acceptors (Lipinski definition) is 5. The molecule has 0 amide bonds. The number of ketones is 1. The molecule has 0 radical (unpaired) electrons. The van der Waals surface area contributed by atoms with Crippen LogP contribution in [0.15, 0.2) is 334 Å². The van der Waals surface area contributed by atoms with E-state index >= 15 is 0 Å². The molecule has 0 aliphatic rings. The number of nitrogens with one attached hydrogen (secondary N) is 1. The molecule has 15 rings (SSSR count). The third-order valence-corrected chi connectivity index (χ3v) is 16.2. The van der Waals surface area contributed by atoms with Crippen molar-refractivity contribution in [2.24, 2.45) is 0 Å². The van der Waals surface area contributed by atoms with Gasteiger partial charge in [0.25, 0.3) is 0 Å². The highest BCUT2D eigenvalue weighted by Crippen LogP contribution is 2.44. The van der Waals surface area contributed by atoms with Gasteiger partial charge in [-0.15, -0.1) is 0 Å². The maximum absolute atomic E-state index is 14.7. The van der Waals surface area contributed by atoms with E-state index in [1.54, 1.807) is 0 Å². The van der Waals surface area contributed by atoms with E-state index in [1.165, 1.54) is 0 Å². The molecule has 0 bridgehead atoms. The molecule has 0 saturated carbocycles. The van der Waals surface area contributed by atoms with Crippen molar-refractivity contribution < 1.29 is 4.79 Å². The average molecular weight is 1110 g/mol. The summed E-state index contributed by atoms with van der Waals surface area (Å²) >= 11 is 0. The Balaban J connectivity index is 0.799. The molecular weight excluding hydrogens is 1050 g/mol. The molecule has 0 atom stereocenters. The normalized spacial score (nSPS) is 11.3. The molecular formula is C79H56N6O. The molecule has 2 aromatic heterocycles. The van der Waals surface area contributed by atoms with Crippen molar-refractivity contribution in [3.8, 4) is 11.4 Å². The summed E-state index contributed by atoms with van der Waals surface area (Å²) in [6.45, 7) is 0. The minimum absolute atomic E-state index is 0.0474. The van der Waals surface area contributed by atoms with E-state index < -0.39 is 0 Å². The van der Waals surface area contributed by atoms with Crippen LogP contribution < -0.4 is 20.0 Å². The Hall–Kier alpha value is -11.7. The Labute approximate surface area is 499 Å². The van der Waals surface area contributed by atoms with E-state index in [0.717, 1.165) is 118 Å². The molecule has 0 fully saturated rings. The van der Waals surface area contributed by atoms with Crippen LogP contribution in [0.2, 0.25) is 0 Å². The highest BCUT2D eigenvalue weighted by atomic mass is 16.1. The molecule has 86 heavy (non-hydrogen) atoms. The first-order chi connectivity index (χ1) is 42.6. The first-order valence-corrected chi connectivity index (χ1v) is 29.0. The molecule has 0 aliphatic heterocycles. The molecule has 0 saturated heterocycles. The number of hydrogen-bond donors (Lipinski definition) is 1. The number of nitrogens with zero attached hydrogens (tertiary/aromatic N) is 5. The lowest BCUT2D eigenvalue weighted by Crippen LogP contribution is -2.09. The third kappa shape index (κ3) is 9.55. The average Bonchev–Trinajstić information content (AvgIpc) is 2.58. The van der Waals surface area contributed by atoms with Gasteiger partial charge in [0, 0.05) is 107 Å². The summed E-state index contributed by atoms with van der Waals surface area (Å²) in [4.78, 5) is 21.6. The van der Waals surface area contributed by atoms with Crippen LogP contribution in [0.25, 0.3) is 55.0 Å². The van der Waals surface area contributed by atoms with Crippen molar-refractivity contribution in [3.63, 3.8) is 0 Å². The highest BCUT2D eigenvalue weighted by Gasteiger charge is 2.22. The van der Waals surface area contributed by atoms with Gasteiger partial charge < -0.3 is 29.2 Å². The van der Waals surface area contributed by atoms with Gasteiger partial charge in [-0.2, -0.15) is 0 Å². The molecule has 15 aromatic rings. The first-order valence-electron chi connectivity index (χ1n) is 29.0. The summed E-state index contributed by atoms with van der Waals surface area (Å²) < 4.78 is 4.63. The number of para-hydroxylation sites is 7. The highest BCUT2D eigenvalue weighted by molar-refractivity contribution is 6.14. The Morgan fingerprint density at radius 3 is 0.814 bits per heavy atom. The van der Waals surface area contributed by atoms with Crippen LogP contribution in [-0.4, -0.2) is 14.9 Å². The van der Waals surface area contributed by atoms with Crippen LogP contribution in [0.3, 0.4) is 0 Å². The van der Waals surface area contributed by atoms with Gasteiger partial charge >= 0.3 is 0 Å². The summed E-state index contributed by atoms with van der Waals surface area (Å²) in [5.41, 5.74) is 18.9. The summed E-state index contributed by atoms with van der Waals surface area (Å²) in [5, 5.41) is 8.06. The van der Waals surface area contributed by atoms with Crippen molar-refractivity contribution >= 4 is 112 Å². The second-order valence-electron chi connectivity index (χ2n) is 21.4. The Bertz CT molecular complexity index is 4620. The van der Waals surface area contributed by atoms with Gasteiger partial charge in [-0.1, -0.05) is 127 Å². The zero-order valence-corrected chi connectivity index (χ0v) is 46.9. The SMILES string of the molecule is O=C(c1ccc(-n2c3ccc(Nc4ccccc4)cc3c3cc(N(c4ccccc4)c4ccccc4)ccc32)cc1)c1ccc(-n2c3ccc(N(c4ccccc4)c4ccccc4)cc3c3cc(N(c4ccccc4)c4ccccc4)ccc32)cc1. The van der Waals surface area contributed by atoms with Crippen LogP contribution in [0.5, 0.6) is 0 Å². The van der Waals surface area contributed by atoms with Crippen LogP contribution >= 0.6 is 0 Å². The molecule has 0 aliphatic carbocycles. The van der Waals surface area contributed by atoms with Gasteiger partial charge in [0.05, 0.1) is 22.1 Å². The van der Waals surface area contributed by atoms with E-state index in [1.807, 2.05) is 42.5 Å². The van der Waals surface area contributed by atoms with Crippen molar-refractivity contribution in [3.05, 3.63) is 345 Å². The number of anilines is 11. The number of rotatable bonds is 15. The minimum Gasteiger partial charge on any atom is -0.356 e. The fourth-order valence-electron chi connectivity index (χ4n) is 12.2. The van der Waals surface area contributed by atoms with Crippen molar-refractivity contribution in [1.82, 2.24) is 9.13 Å². The van der Waals surface area contributed by atoms with E-state index in [0.29, 0.717) is 11.1 Å². The van der Waals surface area contributed by atoms with Gasteiger partial charge in [-0.25, -0.2) is 0 Å². The van der Waals surface area contributed by atoms with Crippen LogP contribution in [0.4, 0.5) is 62.6 Å². The molecule has 2 heterocycles. The van der Waals surface area contributed by atoms with E-state index in [4.69, 9.17) is 0 Å². The van der Waals surface area contributed by atoms with Gasteiger partial charge in [0.1, 0.15) is 0 Å². The Morgan fingerprint density at radius 2 is 0.512 bits per heavy atom. The standard InChI is InChI=1S/C79H56N6O/c86-79(56-36-41-66(42-37-56)84-75-48-40-59(80-58-22-8-1-9-23-58)52-71(75)72-53-68(45-49-76(72)84)81(60-24-10-2-11-25-60)61-26-12-3-13-27-61)57-38-43-67(44-39-57)85-77-50-46-69(82(62-28-14-4-15-29-62)63-30-16-5-17-31-63)54-73(77)74-55-70(47-51-78(74)85)83(64-32-18-6-19-33-64)65-34-20-7-21-35-65/h1-55,80H. The number of carbonyl (C=O) groups is 1. The van der Waals surface area contributed by atoms with Gasteiger partial charge in [0.2, 0.25) is 0 Å². The monoisotopic (exact) mass is 1100 g/mol. The minimum atomic E-state index is -0.0474. The van der Waals surface area contributed by atoms with Gasteiger partial charge in [-0.05, 0) is 206 Å². The maximum atomic E-state index is 14.7. The fourth-order valence-corrected chi connectivity index (χ4v) is 12.2. The second kappa shape index (κ2) is 22.2. The molecule has 13 aromatic carbocycles. The summed E-state index contributed by atoms with van der Waals surface area (Å²) in [6.07, 6.45) is 0. The summed E-state index contributed by atoms with van der Waals surface area (Å²) in [7, 11) is 0. The Kier molecular flexibility index (Phi) is 13.2. The second-order valence-corrected chi connectivity index (χ2v) is 21.4. The predicted octanol–water partition coefficient (Wildman–Crippen LogP) is 21.3. The zero-order valence-electron chi connectivity index (χ0n) is 46.9. The number of carbonyl (C=O) groups excluding carboxylic acids is 1. The molecule has 7 nitrogen and oxygen atoms in total. The van der Waals surface area contributed by atoms with Gasteiger partial charge in [0.15, 0.2) is 5.78 Å². The largest absolute Gasteiger partial charge is 0.356 e. The maximum Gasteiger partial charge on any atom is 0.193 e. The van der Waals surface area contributed by atoms with E-state index in [2.05, 4.69) is 320 Å². The van der Waals surface area contributed by atoms with Gasteiger partial charge in [-0.3, -0.25) is 4.79 Å². The molecule has 0 spiro atoms. The smallest absolute Gasteiger partial charge is 0.193 e. The molecule has 0 unspecified atom stereocenters. The van der Waals surface area contributed by atoms with Crippen LogP contribution in [0.1, 0.15) is 15.9 Å². The lowest BCUT2D eigenvalue weighted by atomic mass is 10.0. The lowest BCUT2D eigenvalue weighted by molar-refractivity contribution is 0.103. The zero-order chi connectivity index (χ0) is 57.3. The molecule has 7 heteroatoms. The predicted molar refractivity (Wildman–Crippen MR) is 359 cm³/mol. The lowest BCUT2D eigenvalue weighted by Gasteiger charge is -2.26. The quantitative estimate of drug-likeness (QED) is 0.104. The van der Waals surface area contributed by atoms with Crippen LogP contribution in [-0.2, 0) is 0 Å².